The molecule has 0 amide bonds. The van der Waals surface area contributed by atoms with E-state index >= 15 is 0 Å². The molecule has 2 N–H and O–H groups in total. The molecule has 2 atom stereocenters. The Morgan fingerprint density at radius 3 is 2.65 bits per heavy atom. The van der Waals surface area contributed by atoms with Gasteiger partial charge in [0, 0.05) is 13.0 Å². The first kappa shape index (κ1) is 15.2. The van der Waals surface area contributed by atoms with Crippen LogP contribution in [0.4, 0.5) is 5.69 Å². The quantitative estimate of drug-likeness (QED) is 0.880. The number of aliphatic hydroxyl groups is 2. The van der Waals surface area contributed by atoms with Gasteiger partial charge in [0.05, 0.1) is 36.3 Å². The average molecular weight is 279 g/mol. The Bertz CT molecular complexity index is 451. The zero-order chi connectivity index (χ0) is 14.7. The number of aliphatic hydroxyl groups excluding tert-OH is 2. The predicted octanol–water partition coefficient (Wildman–Crippen LogP) is 1.83. The fraction of sp³-hybridized carbons (Fsp3) is 0.733. The summed E-state index contributed by atoms with van der Waals surface area (Å²) >= 11 is 0. The van der Waals surface area contributed by atoms with Gasteiger partial charge >= 0.3 is 0 Å². The zero-order valence-electron chi connectivity index (χ0n) is 12.6. The molecule has 2 rings (SSSR count). The van der Waals surface area contributed by atoms with Gasteiger partial charge in [-0.05, 0) is 12.8 Å². The third-order valence-electron chi connectivity index (χ3n) is 4.10. The first-order valence-corrected chi connectivity index (χ1v) is 7.42. The topological polar surface area (TPSA) is 69.5 Å². The van der Waals surface area contributed by atoms with Crippen LogP contribution in [-0.4, -0.2) is 39.4 Å². The zero-order valence-corrected chi connectivity index (χ0v) is 12.6. The molecule has 0 radical (unpaired) electrons. The molecular weight excluding hydrogens is 254 g/mol. The highest BCUT2D eigenvalue weighted by atomic mass is 16.3. The third-order valence-corrected chi connectivity index (χ3v) is 4.10. The molecule has 2 unspecified atom stereocenters. The van der Waals surface area contributed by atoms with Crippen molar-refractivity contribution >= 4 is 5.69 Å². The SMILES string of the molecule is CC(C)c1ncc(N(C)C2CCCCC2O)c(CO)n1. The largest absolute Gasteiger partial charge is 0.391 e. The highest BCUT2D eigenvalue weighted by molar-refractivity contribution is 5.49. The number of aromatic nitrogens is 2. The molecule has 0 saturated heterocycles. The fourth-order valence-electron chi connectivity index (χ4n) is 2.84. The van der Waals surface area contributed by atoms with E-state index in [2.05, 4.69) is 9.97 Å². The summed E-state index contributed by atoms with van der Waals surface area (Å²) in [6.45, 7) is 3.96. The summed E-state index contributed by atoms with van der Waals surface area (Å²) < 4.78 is 0. The molecule has 0 bridgehead atoms. The maximum atomic E-state index is 10.2. The smallest absolute Gasteiger partial charge is 0.131 e. The minimum Gasteiger partial charge on any atom is -0.391 e. The van der Waals surface area contributed by atoms with Crippen molar-refractivity contribution in [2.45, 2.75) is 64.2 Å². The summed E-state index contributed by atoms with van der Waals surface area (Å²) in [5.74, 6) is 0.982. The molecular formula is C15H25N3O2. The number of nitrogens with zero attached hydrogens (tertiary/aromatic N) is 3. The van der Waals surface area contributed by atoms with Crippen LogP contribution in [0.2, 0.25) is 0 Å². The van der Waals surface area contributed by atoms with Crippen LogP contribution in [0.15, 0.2) is 6.20 Å². The number of hydrogen-bond acceptors (Lipinski definition) is 5. The summed E-state index contributed by atoms with van der Waals surface area (Å²) in [6, 6.07) is 0.0857. The molecule has 5 nitrogen and oxygen atoms in total. The molecule has 1 fully saturated rings. The molecule has 1 aliphatic rings. The number of likely N-dealkylation sites (N-methyl/N-ethyl adjacent to an activating group) is 1. The van der Waals surface area contributed by atoms with Crippen molar-refractivity contribution in [1.82, 2.24) is 9.97 Å². The average Bonchev–Trinajstić information content (AvgIpc) is 2.46. The van der Waals surface area contributed by atoms with E-state index in [9.17, 15) is 10.2 Å². The Hall–Kier alpha value is -1.20. The maximum absolute atomic E-state index is 10.2. The highest BCUT2D eigenvalue weighted by Gasteiger charge is 2.28. The molecule has 1 aliphatic carbocycles. The second kappa shape index (κ2) is 6.50. The Morgan fingerprint density at radius 2 is 2.05 bits per heavy atom. The van der Waals surface area contributed by atoms with E-state index in [-0.39, 0.29) is 24.7 Å². The van der Waals surface area contributed by atoms with E-state index < -0.39 is 0 Å². The van der Waals surface area contributed by atoms with Crippen molar-refractivity contribution in [3.63, 3.8) is 0 Å². The highest BCUT2D eigenvalue weighted by Crippen LogP contribution is 2.28. The predicted molar refractivity (Wildman–Crippen MR) is 78.7 cm³/mol. The molecule has 0 aromatic carbocycles. The van der Waals surface area contributed by atoms with Crippen molar-refractivity contribution in [2.75, 3.05) is 11.9 Å². The lowest BCUT2D eigenvalue weighted by atomic mass is 9.91. The van der Waals surface area contributed by atoms with E-state index in [0.717, 1.165) is 37.2 Å². The second-order valence-corrected chi connectivity index (χ2v) is 5.90. The number of hydrogen-bond donors (Lipinski definition) is 2. The van der Waals surface area contributed by atoms with Crippen molar-refractivity contribution < 1.29 is 10.2 Å². The van der Waals surface area contributed by atoms with Crippen LogP contribution in [0.25, 0.3) is 0 Å². The first-order valence-electron chi connectivity index (χ1n) is 7.42. The summed E-state index contributed by atoms with van der Waals surface area (Å²) in [6.07, 6.45) is 5.48. The summed E-state index contributed by atoms with van der Waals surface area (Å²) in [4.78, 5) is 10.9. The lowest BCUT2D eigenvalue weighted by Crippen LogP contribution is -2.44. The van der Waals surface area contributed by atoms with E-state index in [4.69, 9.17) is 0 Å². The van der Waals surface area contributed by atoms with E-state index in [0.29, 0.717) is 5.69 Å². The van der Waals surface area contributed by atoms with Crippen LogP contribution in [0.3, 0.4) is 0 Å². The molecule has 112 valence electrons. The minimum atomic E-state index is -0.315. The van der Waals surface area contributed by atoms with Crippen molar-refractivity contribution in [2.24, 2.45) is 0 Å². The van der Waals surface area contributed by atoms with Gasteiger partial charge in [0.15, 0.2) is 0 Å². The van der Waals surface area contributed by atoms with Crippen LogP contribution in [0, 0.1) is 0 Å². The van der Waals surface area contributed by atoms with Gasteiger partial charge in [-0.2, -0.15) is 0 Å². The number of anilines is 1. The van der Waals surface area contributed by atoms with Crippen molar-refractivity contribution in [3.05, 3.63) is 17.7 Å². The Labute approximate surface area is 120 Å². The molecule has 1 aromatic heterocycles. The van der Waals surface area contributed by atoms with Gasteiger partial charge in [-0.3, -0.25) is 0 Å². The number of rotatable bonds is 4. The monoisotopic (exact) mass is 279 g/mol. The third kappa shape index (κ3) is 3.10. The van der Waals surface area contributed by atoms with Gasteiger partial charge in [-0.15, -0.1) is 0 Å². The molecule has 1 aromatic rings. The van der Waals surface area contributed by atoms with Gasteiger partial charge in [0.25, 0.3) is 0 Å². The summed E-state index contributed by atoms with van der Waals surface area (Å²) in [5, 5.41) is 19.7. The Balaban J connectivity index is 2.26. The molecule has 20 heavy (non-hydrogen) atoms. The molecule has 5 heteroatoms. The van der Waals surface area contributed by atoms with Gasteiger partial charge in [-0.1, -0.05) is 26.7 Å². The Kier molecular flexibility index (Phi) is 4.94. The van der Waals surface area contributed by atoms with Gasteiger partial charge < -0.3 is 15.1 Å². The van der Waals surface area contributed by atoms with Crippen molar-refractivity contribution in [1.29, 1.82) is 0 Å². The summed E-state index contributed by atoms with van der Waals surface area (Å²) in [5.41, 5.74) is 1.46. The minimum absolute atomic E-state index is 0.0857. The van der Waals surface area contributed by atoms with Gasteiger partial charge in [0.2, 0.25) is 0 Å². The van der Waals surface area contributed by atoms with Crippen LogP contribution in [0.5, 0.6) is 0 Å². The summed E-state index contributed by atoms with van der Waals surface area (Å²) in [7, 11) is 1.95. The lowest BCUT2D eigenvalue weighted by molar-refractivity contribution is 0.106. The second-order valence-electron chi connectivity index (χ2n) is 5.90. The standard InChI is InChI=1S/C15H25N3O2/c1-10(2)15-16-8-13(11(9-19)17-15)18(3)12-6-4-5-7-14(12)20/h8,10,12,14,19-20H,4-7,9H2,1-3H3. The van der Waals surface area contributed by atoms with E-state index in [1.54, 1.807) is 6.20 Å². The first-order chi connectivity index (χ1) is 9.54. The van der Waals surface area contributed by atoms with Gasteiger partial charge in [-0.25, -0.2) is 9.97 Å². The maximum Gasteiger partial charge on any atom is 0.131 e. The lowest BCUT2D eigenvalue weighted by Gasteiger charge is -2.37. The normalized spacial score (nSPS) is 23.1. The molecule has 1 heterocycles. The van der Waals surface area contributed by atoms with E-state index in [1.807, 2.05) is 25.8 Å². The van der Waals surface area contributed by atoms with Crippen molar-refractivity contribution in [3.8, 4) is 0 Å². The molecule has 0 spiro atoms. The van der Waals surface area contributed by atoms with E-state index in [1.165, 1.54) is 0 Å². The van der Waals surface area contributed by atoms with Crippen LogP contribution < -0.4 is 4.90 Å². The fourth-order valence-corrected chi connectivity index (χ4v) is 2.84. The van der Waals surface area contributed by atoms with Gasteiger partial charge in [0.1, 0.15) is 5.82 Å². The Morgan fingerprint density at radius 1 is 1.35 bits per heavy atom. The van der Waals surface area contributed by atoms with Crippen LogP contribution in [0.1, 0.15) is 57.0 Å². The molecule has 0 aliphatic heterocycles. The molecule has 1 saturated carbocycles. The van der Waals surface area contributed by atoms with Crippen LogP contribution in [-0.2, 0) is 6.61 Å². The van der Waals surface area contributed by atoms with Crippen LogP contribution >= 0.6 is 0 Å².